The monoisotopic (exact) mass is 586 g/mol. The van der Waals surface area contributed by atoms with Crippen molar-refractivity contribution < 1.29 is 23.7 Å². The fraction of sp³-hybridized carbons (Fsp3) is 0.433. The van der Waals surface area contributed by atoms with Crippen LogP contribution in [0.1, 0.15) is 42.3 Å². The molecule has 9 heteroatoms. The van der Waals surface area contributed by atoms with Crippen LogP contribution in [0.2, 0.25) is 0 Å². The number of quaternary nitrogens is 2. The average Bonchev–Trinajstić information content (AvgIpc) is 3.37. The van der Waals surface area contributed by atoms with E-state index in [9.17, 15) is 0 Å². The van der Waals surface area contributed by atoms with Gasteiger partial charge in [0.2, 0.25) is 5.52 Å². The SMILES string of the molecule is CCC(=Cc1sc2ccc(C)cc2[n+]1CCC[N+](C)(C)C)C=C1Sc2ccc(C)cc2[N+]12CCC2SOOO. The van der Waals surface area contributed by atoms with E-state index < -0.39 is 0 Å². The number of nitrogens with zero attached hydrogens (tertiary/aromatic N) is 3. The molecular formula is C30H40N3O3S3+3. The van der Waals surface area contributed by atoms with Gasteiger partial charge in [0, 0.05) is 24.3 Å². The third-order valence-electron chi connectivity index (χ3n) is 7.68. The summed E-state index contributed by atoms with van der Waals surface area (Å²) < 4.78 is 10.5. The quantitative estimate of drug-likeness (QED) is 0.0879. The average molecular weight is 587 g/mol. The van der Waals surface area contributed by atoms with Crippen LogP contribution in [0.25, 0.3) is 16.3 Å². The molecule has 1 saturated heterocycles. The number of aromatic nitrogens is 1. The van der Waals surface area contributed by atoms with Gasteiger partial charge in [-0.1, -0.05) is 35.4 Å². The number of allylic oxidation sites excluding steroid dienone is 2. The lowest BCUT2D eigenvalue weighted by Crippen LogP contribution is -2.62. The maximum absolute atomic E-state index is 8.85. The molecular weight excluding hydrogens is 547 g/mol. The number of hydrogen-bond acceptors (Lipinski definition) is 6. The van der Waals surface area contributed by atoms with Gasteiger partial charge < -0.3 is 4.48 Å². The van der Waals surface area contributed by atoms with Crippen molar-refractivity contribution in [2.24, 2.45) is 0 Å². The standard InChI is InChI=1S/C30H39N3O3S3/c1-7-23(19-28-31(14-8-15-32(4,5)6)24-17-21(2)9-11-26(24)37-28)20-30-33(16-13-29(33)39-36-35-34)25-18-22(3)10-12-27(25)38-30/h9-12,17-20,29H,7-8,13-16H2,1-6H3/q+2/p+1. The summed E-state index contributed by atoms with van der Waals surface area (Å²) in [5.41, 5.74) is 6.52. The lowest BCUT2D eigenvalue weighted by atomic mass is 10.0. The molecule has 0 saturated carbocycles. The molecule has 1 aromatic heterocycles. The summed E-state index contributed by atoms with van der Waals surface area (Å²) in [4.78, 5) is 1.30. The largest absolute Gasteiger partial charge is 0.331 e. The second-order valence-corrected chi connectivity index (χ2v) is 14.6. The van der Waals surface area contributed by atoms with Crippen LogP contribution in [0.4, 0.5) is 5.69 Å². The number of thioether (sulfide) groups is 1. The normalized spacial score (nSPS) is 22.2. The fourth-order valence-corrected chi connectivity index (χ4v) is 8.90. The summed E-state index contributed by atoms with van der Waals surface area (Å²) in [7, 11) is 6.79. The Labute approximate surface area is 244 Å². The molecule has 6 nitrogen and oxygen atoms in total. The number of hydrogen-bond donors (Lipinski definition) is 1. The summed E-state index contributed by atoms with van der Waals surface area (Å²) in [6.45, 7) is 9.72. The number of benzene rings is 2. The molecule has 2 aliphatic rings. The van der Waals surface area contributed by atoms with Crippen molar-refractivity contribution in [1.82, 2.24) is 4.48 Å². The molecule has 208 valence electrons. The lowest BCUT2D eigenvalue weighted by Gasteiger charge is -2.47. The molecule has 1 fully saturated rings. The van der Waals surface area contributed by atoms with Gasteiger partial charge in [0.25, 0.3) is 5.01 Å². The predicted molar refractivity (Wildman–Crippen MR) is 165 cm³/mol. The summed E-state index contributed by atoms with van der Waals surface area (Å²) in [6.07, 6.45) is 7.87. The fourth-order valence-electron chi connectivity index (χ4n) is 5.50. The summed E-state index contributed by atoms with van der Waals surface area (Å²) in [5.74, 6) is 0. The summed E-state index contributed by atoms with van der Waals surface area (Å²) >= 11 is 4.96. The Morgan fingerprint density at radius 1 is 1.18 bits per heavy atom. The molecule has 2 atom stereocenters. The smallest absolute Gasteiger partial charge is 0.263 e. The molecule has 0 aliphatic carbocycles. The molecule has 5 rings (SSSR count). The summed E-state index contributed by atoms with van der Waals surface area (Å²) in [6, 6.07) is 13.6. The minimum absolute atomic E-state index is 0.129. The zero-order valence-corrected chi connectivity index (χ0v) is 26.2. The van der Waals surface area contributed by atoms with Crippen LogP contribution in [0.15, 0.2) is 58.0 Å². The third-order valence-corrected chi connectivity index (χ3v) is 11.0. The molecule has 2 aromatic carbocycles. The van der Waals surface area contributed by atoms with Crippen molar-refractivity contribution >= 4 is 57.1 Å². The minimum Gasteiger partial charge on any atom is -0.331 e. The van der Waals surface area contributed by atoms with Gasteiger partial charge >= 0.3 is 0 Å². The van der Waals surface area contributed by atoms with Crippen molar-refractivity contribution in [1.29, 1.82) is 0 Å². The molecule has 39 heavy (non-hydrogen) atoms. The van der Waals surface area contributed by atoms with Gasteiger partial charge in [0.05, 0.1) is 64.0 Å². The van der Waals surface area contributed by atoms with Crippen LogP contribution in [-0.4, -0.2) is 49.3 Å². The predicted octanol–water partition coefficient (Wildman–Crippen LogP) is 7.45. The Morgan fingerprint density at radius 2 is 1.95 bits per heavy atom. The van der Waals surface area contributed by atoms with E-state index in [1.807, 2.05) is 23.1 Å². The Hall–Kier alpha value is -1.69. The van der Waals surface area contributed by atoms with E-state index in [1.165, 1.54) is 59.6 Å². The van der Waals surface area contributed by atoms with Crippen LogP contribution in [0.3, 0.4) is 0 Å². The molecule has 1 spiro atoms. The number of thiazole rings is 1. The van der Waals surface area contributed by atoms with E-state index in [2.05, 4.69) is 100 Å². The van der Waals surface area contributed by atoms with Gasteiger partial charge in [0.15, 0.2) is 22.6 Å². The molecule has 2 unspecified atom stereocenters. The zero-order valence-electron chi connectivity index (χ0n) is 23.8. The summed E-state index contributed by atoms with van der Waals surface area (Å²) in [5, 5.41) is 15.6. The number of fused-ring (bicyclic) bond motifs is 3. The first-order valence-electron chi connectivity index (χ1n) is 13.6. The number of rotatable bonds is 10. The van der Waals surface area contributed by atoms with Gasteiger partial charge in [-0.15, -0.1) is 4.33 Å². The van der Waals surface area contributed by atoms with Gasteiger partial charge in [0.1, 0.15) is 4.70 Å². The van der Waals surface area contributed by atoms with Crippen LogP contribution in [0, 0.1) is 13.8 Å². The second kappa shape index (κ2) is 11.7. The van der Waals surface area contributed by atoms with Crippen LogP contribution in [0.5, 0.6) is 0 Å². The highest BCUT2D eigenvalue weighted by Crippen LogP contribution is 2.59. The molecule has 0 amide bonds. The minimum atomic E-state index is 0.129. The Morgan fingerprint density at radius 3 is 2.64 bits per heavy atom. The van der Waals surface area contributed by atoms with E-state index in [0.717, 1.165) is 47.9 Å². The Balaban J connectivity index is 1.55. The number of aryl methyl sites for hydroxylation is 3. The first kappa shape index (κ1) is 28.8. The maximum Gasteiger partial charge on any atom is 0.263 e. The van der Waals surface area contributed by atoms with Crippen molar-refractivity contribution in [3.8, 4) is 0 Å². The van der Waals surface area contributed by atoms with Crippen molar-refractivity contribution in [3.63, 3.8) is 0 Å². The van der Waals surface area contributed by atoms with Gasteiger partial charge in [-0.3, -0.25) is 0 Å². The molecule has 2 aliphatic heterocycles. The van der Waals surface area contributed by atoms with Crippen molar-refractivity contribution in [2.75, 3.05) is 34.2 Å². The van der Waals surface area contributed by atoms with Crippen molar-refractivity contribution in [3.05, 3.63) is 69.2 Å². The van der Waals surface area contributed by atoms with Crippen LogP contribution in [-0.2, 0) is 15.9 Å². The van der Waals surface area contributed by atoms with Gasteiger partial charge in [-0.2, -0.15) is 4.57 Å². The molecule has 3 heterocycles. The maximum atomic E-state index is 8.85. The van der Waals surface area contributed by atoms with Gasteiger partial charge in [-0.05, 0) is 60.9 Å². The molecule has 0 radical (unpaired) electrons. The first-order chi connectivity index (χ1) is 18.6. The van der Waals surface area contributed by atoms with Crippen LogP contribution >= 0.6 is 35.1 Å². The highest BCUT2D eigenvalue weighted by molar-refractivity contribution is 8.03. The van der Waals surface area contributed by atoms with Gasteiger partial charge in [-0.25, -0.2) is 9.74 Å². The highest BCUT2D eigenvalue weighted by atomic mass is 32.2. The molecule has 1 N–H and O–H groups in total. The topological polar surface area (TPSA) is 42.6 Å². The van der Waals surface area contributed by atoms with Crippen molar-refractivity contribution in [2.45, 2.75) is 56.8 Å². The Bertz CT molecular complexity index is 1430. The van der Waals surface area contributed by atoms with E-state index in [0.29, 0.717) is 0 Å². The van der Waals surface area contributed by atoms with E-state index >= 15 is 0 Å². The Kier molecular flexibility index (Phi) is 8.62. The van der Waals surface area contributed by atoms with E-state index in [-0.39, 0.29) is 5.37 Å². The molecule has 3 aromatic rings. The first-order valence-corrected chi connectivity index (χ1v) is 16.0. The third kappa shape index (κ3) is 5.87. The highest BCUT2D eigenvalue weighted by Gasteiger charge is 2.57. The zero-order chi connectivity index (χ0) is 27.8. The van der Waals surface area contributed by atoms with E-state index in [4.69, 9.17) is 9.59 Å². The lowest BCUT2D eigenvalue weighted by molar-refractivity contribution is -0.873. The second-order valence-electron chi connectivity index (χ2n) is 11.6. The van der Waals surface area contributed by atoms with Crippen LogP contribution < -0.4 is 9.05 Å². The van der Waals surface area contributed by atoms with E-state index in [1.54, 1.807) is 0 Å². The molecule has 0 bridgehead atoms.